The molecule has 1 N–H and O–H groups in total. The zero-order valence-corrected chi connectivity index (χ0v) is 18.3. The van der Waals surface area contributed by atoms with Crippen molar-refractivity contribution in [1.82, 2.24) is 10.2 Å². The second-order valence-corrected chi connectivity index (χ2v) is 8.74. The van der Waals surface area contributed by atoms with Crippen molar-refractivity contribution in [3.8, 4) is 0 Å². The van der Waals surface area contributed by atoms with Gasteiger partial charge in [0.05, 0.1) is 0 Å². The van der Waals surface area contributed by atoms with Crippen molar-refractivity contribution in [3.63, 3.8) is 0 Å². The molecule has 0 atom stereocenters. The average Bonchev–Trinajstić information content (AvgIpc) is 2.78. The Morgan fingerprint density at radius 1 is 0.933 bits per heavy atom. The number of nitrogens with one attached hydrogen (secondary N) is 1. The highest BCUT2D eigenvalue weighted by molar-refractivity contribution is 5.97. The molecule has 1 saturated carbocycles. The zero-order chi connectivity index (χ0) is 21.4. The first kappa shape index (κ1) is 22.2. The van der Waals surface area contributed by atoms with Crippen molar-refractivity contribution < 1.29 is 9.59 Å². The van der Waals surface area contributed by atoms with Gasteiger partial charge in [-0.2, -0.15) is 0 Å². The first-order valence-corrected chi connectivity index (χ1v) is 11.1. The monoisotopic (exact) mass is 406 g/mol. The van der Waals surface area contributed by atoms with Crippen LogP contribution in [0, 0.1) is 0 Å². The molecule has 30 heavy (non-hydrogen) atoms. The number of rotatable bonds is 9. The molecule has 0 spiro atoms. The molecule has 0 aromatic heterocycles. The maximum atomic E-state index is 12.4. The van der Waals surface area contributed by atoms with Gasteiger partial charge in [0, 0.05) is 30.0 Å². The van der Waals surface area contributed by atoms with E-state index in [9.17, 15) is 9.59 Å². The standard InChI is InChI=1S/C26H34N2O2/c1-28(2)26(18-15-21-9-5-3-6-10-21)19-16-23(17-20-26)27-25(30)14-13-24(29)22-11-7-4-8-12-22/h3-12,23H,13-20H2,1-2H3,(H,27,30). The summed E-state index contributed by atoms with van der Waals surface area (Å²) in [7, 11) is 4.36. The molecule has 1 aliphatic carbocycles. The van der Waals surface area contributed by atoms with Gasteiger partial charge in [0.1, 0.15) is 0 Å². The number of ketones is 1. The third kappa shape index (κ3) is 6.02. The molecule has 1 amide bonds. The molecule has 0 aliphatic heterocycles. The lowest BCUT2D eigenvalue weighted by Crippen LogP contribution is -2.51. The quantitative estimate of drug-likeness (QED) is 0.617. The summed E-state index contributed by atoms with van der Waals surface area (Å²) in [4.78, 5) is 27.0. The maximum Gasteiger partial charge on any atom is 0.220 e. The summed E-state index contributed by atoms with van der Waals surface area (Å²) in [5, 5.41) is 3.17. The Balaban J connectivity index is 1.45. The summed E-state index contributed by atoms with van der Waals surface area (Å²) in [6, 6.07) is 20.1. The second kappa shape index (κ2) is 10.5. The summed E-state index contributed by atoms with van der Waals surface area (Å²) in [5.74, 6) is 0.0212. The van der Waals surface area contributed by atoms with E-state index in [-0.39, 0.29) is 36.1 Å². The van der Waals surface area contributed by atoms with Crippen LogP contribution < -0.4 is 5.32 Å². The first-order valence-electron chi connectivity index (χ1n) is 11.1. The summed E-state index contributed by atoms with van der Waals surface area (Å²) in [6.45, 7) is 0. The lowest BCUT2D eigenvalue weighted by molar-refractivity contribution is -0.122. The first-order chi connectivity index (χ1) is 14.5. The van der Waals surface area contributed by atoms with E-state index >= 15 is 0 Å². The number of aryl methyl sites for hydroxylation is 1. The van der Waals surface area contributed by atoms with Crippen LogP contribution in [0.5, 0.6) is 0 Å². The Bertz CT molecular complexity index is 809. The summed E-state index contributed by atoms with van der Waals surface area (Å²) >= 11 is 0. The minimum absolute atomic E-state index is 0.00841. The Labute approximate surface area is 180 Å². The molecule has 0 unspecified atom stereocenters. The highest BCUT2D eigenvalue weighted by Gasteiger charge is 2.37. The van der Waals surface area contributed by atoms with Crippen molar-refractivity contribution in [1.29, 1.82) is 0 Å². The van der Waals surface area contributed by atoms with Crippen LogP contribution in [0.2, 0.25) is 0 Å². The Kier molecular flexibility index (Phi) is 7.81. The number of Topliss-reactive ketones (excluding diaryl/α,β-unsaturated/α-hetero) is 1. The van der Waals surface area contributed by atoms with E-state index in [1.165, 1.54) is 5.56 Å². The van der Waals surface area contributed by atoms with E-state index in [1.807, 2.05) is 18.2 Å². The number of hydrogen-bond donors (Lipinski definition) is 1. The van der Waals surface area contributed by atoms with Gasteiger partial charge in [-0.3, -0.25) is 9.59 Å². The summed E-state index contributed by atoms with van der Waals surface area (Å²) in [5.41, 5.74) is 2.26. The third-order valence-corrected chi connectivity index (χ3v) is 6.63. The molecular weight excluding hydrogens is 372 g/mol. The van der Waals surface area contributed by atoms with Crippen molar-refractivity contribution >= 4 is 11.7 Å². The maximum absolute atomic E-state index is 12.4. The number of benzene rings is 2. The molecule has 4 heteroatoms. The van der Waals surface area contributed by atoms with Gasteiger partial charge in [-0.15, -0.1) is 0 Å². The van der Waals surface area contributed by atoms with Gasteiger partial charge in [-0.1, -0.05) is 60.7 Å². The Morgan fingerprint density at radius 3 is 2.13 bits per heavy atom. The van der Waals surface area contributed by atoms with Gasteiger partial charge in [0.15, 0.2) is 5.78 Å². The fourth-order valence-electron chi connectivity index (χ4n) is 4.54. The minimum atomic E-state index is -0.00841. The van der Waals surface area contributed by atoms with Crippen LogP contribution >= 0.6 is 0 Å². The average molecular weight is 407 g/mol. The third-order valence-electron chi connectivity index (χ3n) is 6.63. The smallest absolute Gasteiger partial charge is 0.220 e. The molecule has 3 rings (SSSR count). The molecule has 2 aromatic carbocycles. The summed E-state index contributed by atoms with van der Waals surface area (Å²) < 4.78 is 0. The van der Waals surface area contributed by atoms with Crippen LogP contribution in [-0.2, 0) is 11.2 Å². The molecule has 0 saturated heterocycles. The number of nitrogens with zero attached hydrogens (tertiary/aromatic N) is 1. The molecule has 2 aromatic rings. The Hall–Kier alpha value is -2.46. The topological polar surface area (TPSA) is 49.4 Å². The lowest BCUT2D eigenvalue weighted by atomic mass is 9.75. The van der Waals surface area contributed by atoms with Gasteiger partial charge in [-0.05, 0) is 58.2 Å². The zero-order valence-electron chi connectivity index (χ0n) is 18.3. The molecule has 1 fully saturated rings. The van der Waals surface area contributed by atoms with E-state index in [2.05, 4.69) is 54.6 Å². The van der Waals surface area contributed by atoms with Crippen molar-refractivity contribution in [2.45, 2.75) is 62.9 Å². The SMILES string of the molecule is CN(C)C1(CCc2ccccc2)CCC(NC(=O)CCC(=O)c2ccccc2)CC1. The predicted molar refractivity (Wildman–Crippen MR) is 122 cm³/mol. The second-order valence-electron chi connectivity index (χ2n) is 8.74. The molecule has 1 aliphatic rings. The van der Waals surface area contributed by atoms with E-state index in [0.29, 0.717) is 5.56 Å². The van der Waals surface area contributed by atoms with E-state index in [0.717, 1.165) is 38.5 Å². The fraction of sp³-hybridized carbons (Fsp3) is 0.462. The van der Waals surface area contributed by atoms with Gasteiger partial charge in [-0.25, -0.2) is 0 Å². The van der Waals surface area contributed by atoms with Gasteiger partial charge >= 0.3 is 0 Å². The minimum Gasteiger partial charge on any atom is -0.353 e. The van der Waals surface area contributed by atoms with Crippen LogP contribution in [0.3, 0.4) is 0 Å². The van der Waals surface area contributed by atoms with Crippen molar-refractivity contribution in [3.05, 3.63) is 71.8 Å². The van der Waals surface area contributed by atoms with Gasteiger partial charge in [0.2, 0.25) is 5.91 Å². The molecule has 0 heterocycles. The molecule has 4 nitrogen and oxygen atoms in total. The predicted octanol–water partition coefficient (Wildman–Crippen LogP) is 4.64. The Morgan fingerprint density at radius 2 is 1.53 bits per heavy atom. The van der Waals surface area contributed by atoms with Crippen molar-refractivity contribution in [2.75, 3.05) is 14.1 Å². The van der Waals surface area contributed by atoms with E-state index in [1.54, 1.807) is 12.1 Å². The van der Waals surface area contributed by atoms with Crippen LogP contribution in [0.1, 0.15) is 60.9 Å². The lowest BCUT2D eigenvalue weighted by Gasteiger charge is -2.45. The van der Waals surface area contributed by atoms with Crippen LogP contribution in [0.25, 0.3) is 0 Å². The molecule has 160 valence electrons. The van der Waals surface area contributed by atoms with Crippen LogP contribution in [0.4, 0.5) is 0 Å². The molecule has 0 bridgehead atoms. The normalized spacial score (nSPS) is 21.4. The number of carbonyl (C=O) groups excluding carboxylic acids is 2. The number of amides is 1. The molecular formula is C26H34N2O2. The van der Waals surface area contributed by atoms with Gasteiger partial charge in [0.25, 0.3) is 0 Å². The summed E-state index contributed by atoms with van der Waals surface area (Å²) in [6.07, 6.45) is 6.89. The highest BCUT2D eigenvalue weighted by Crippen LogP contribution is 2.36. The number of carbonyl (C=O) groups is 2. The largest absolute Gasteiger partial charge is 0.353 e. The molecule has 0 radical (unpaired) electrons. The fourth-order valence-corrected chi connectivity index (χ4v) is 4.54. The van der Waals surface area contributed by atoms with Crippen LogP contribution in [0.15, 0.2) is 60.7 Å². The van der Waals surface area contributed by atoms with Crippen LogP contribution in [-0.4, -0.2) is 42.3 Å². The highest BCUT2D eigenvalue weighted by atomic mass is 16.2. The number of hydrogen-bond acceptors (Lipinski definition) is 3. The van der Waals surface area contributed by atoms with Crippen molar-refractivity contribution in [2.24, 2.45) is 0 Å². The van der Waals surface area contributed by atoms with E-state index < -0.39 is 0 Å². The van der Waals surface area contributed by atoms with Gasteiger partial charge < -0.3 is 10.2 Å². The van der Waals surface area contributed by atoms with E-state index in [4.69, 9.17) is 0 Å².